The fourth-order valence-electron chi connectivity index (χ4n) is 2.59. The summed E-state index contributed by atoms with van der Waals surface area (Å²) < 4.78 is 19.1. The first kappa shape index (κ1) is 16.1. The van der Waals surface area contributed by atoms with Gasteiger partial charge in [-0.2, -0.15) is 4.98 Å². The van der Waals surface area contributed by atoms with Crippen molar-refractivity contribution in [1.29, 1.82) is 0 Å². The van der Waals surface area contributed by atoms with Gasteiger partial charge in [-0.15, -0.1) is 0 Å². The maximum atomic E-state index is 14.1. The average Bonchev–Trinajstić information content (AvgIpc) is 3.08. The number of hydrogen-bond donors (Lipinski definition) is 1. The lowest BCUT2D eigenvalue weighted by molar-refractivity contribution is -0.131. The molecule has 1 fully saturated rings. The van der Waals surface area contributed by atoms with E-state index in [9.17, 15) is 14.0 Å². The van der Waals surface area contributed by atoms with Crippen LogP contribution in [0.3, 0.4) is 0 Å². The summed E-state index contributed by atoms with van der Waals surface area (Å²) in [5.74, 6) is -0.416. The van der Waals surface area contributed by atoms with E-state index in [0.29, 0.717) is 5.82 Å². The highest BCUT2D eigenvalue weighted by atomic mass is 19.1. The van der Waals surface area contributed by atoms with E-state index < -0.39 is 23.3 Å². The van der Waals surface area contributed by atoms with Gasteiger partial charge in [0.25, 0.3) is 5.91 Å². The third-order valence-electron chi connectivity index (χ3n) is 3.98. The van der Waals surface area contributed by atoms with Crippen LogP contribution in [0.2, 0.25) is 0 Å². The van der Waals surface area contributed by atoms with Gasteiger partial charge in [-0.1, -0.05) is 37.2 Å². The summed E-state index contributed by atoms with van der Waals surface area (Å²) >= 11 is 0. The quantitative estimate of drug-likeness (QED) is 0.868. The summed E-state index contributed by atoms with van der Waals surface area (Å²) in [5.41, 5.74) is -1.36. The van der Waals surface area contributed by atoms with Crippen molar-refractivity contribution in [1.82, 2.24) is 20.4 Å². The van der Waals surface area contributed by atoms with Gasteiger partial charge in [0, 0.05) is 11.5 Å². The smallest absolute Gasteiger partial charge is 0.325 e. The molecule has 8 heteroatoms. The molecule has 0 unspecified atom stereocenters. The Labute approximate surface area is 137 Å². The number of aromatic nitrogens is 2. The SMILES string of the molecule is CC(C)c1noc(CN2C(=O)N[C@@](C)(c3ccccc3F)C2=O)n1. The lowest BCUT2D eigenvalue weighted by atomic mass is 9.91. The predicted molar refractivity (Wildman–Crippen MR) is 81.2 cm³/mol. The van der Waals surface area contributed by atoms with Gasteiger partial charge in [0.05, 0.1) is 0 Å². The summed E-state index contributed by atoms with van der Waals surface area (Å²) in [4.78, 5) is 30.0. The molecule has 0 radical (unpaired) electrons. The molecule has 0 aliphatic carbocycles. The third-order valence-corrected chi connectivity index (χ3v) is 3.98. The molecule has 24 heavy (non-hydrogen) atoms. The first-order chi connectivity index (χ1) is 11.3. The minimum absolute atomic E-state index is 0.0642. The van der Waals surface area contributed by atoms with Gasteiger partial charge in [-0.05, 0) is 13.0 Å². The summed E-state index contributed by atoms with van der Waals surface area (Å²) in [6, 6.07) is 5.22. The van der Waals surface area contributed by atoms with E-state index in [1.54, 1.807) is 6.07 Å². The second kappa shape index (κ2) is 5.70. The van der Waals surface area contributed by atoms with Crippen LogP contribution in [0.5, 0.6) is 0 Å². The molecule has 2 heterocycles. The molecule has 1 aromatic carbocycles. The zero-order valence-electron chi connectivity index (χ0n) is 13.5. The number of rotatable bonds is 4. The van der Waals surface area contributed by atoms with Crippen LogP contribution in [0.15, 0.2) is 28.8 Å². The van der Waals surface area contributed by atoms with Gasteiger partial charge in [-0.25, -0.2) is 9.18 Å². The van der Waals surface area contributed by atoms with E-state index in [-0.39, 0.29) is 23.9 Å². The monoisotopic (exact) mass is 332 g/mol. The molecule has 0 saturated carbocycles. The van der Waals surface area contributed by atoms with Gasteiger partial charge in [0.15, 0.2) is 5.82 Å². The van der Waals surface area contributed by atoms with Gasteiger partial charge < -0.3 is 9.84 Å². The minimum Gasteiger partial charge on any atom is -0.337 e. The Morgan fingerprint density at radius 1 is 1.33 bits per heavy atom. The average molecular weight is 332 g/mol. The number of halogens is 1. The second-order valence-corrected chi connectivity index (χ2v) is 6.13. The van der Waals surface area contributed by atoms with Crippen molar-refractivity contribution in [2.45, 2.75) is 38.8 Å². The summed E-state index contributed by atoms with van der Waals surface area (Å²) in [6.45, 7) is 5.11. The number of hydrogen-bond acceptors (Lipinski definition) is 5. The van der Waals surface area contributed by atoms with Crippen molar-refractivity contribution in [3.63, 3.8) is 0 Å². The van der Waals surface area contributed by atoms with E-state index in [0.717, 1.165) is 4.90 Å². The second-order valence-electron chi connectivity index (χ2n) is 6.13. The Morgan fingerprint density at radius 2 is 2.04 bits per heavy atom. The topological polar surface area (TPSA) is 88.3 Å². The molecule has 1 N–H and O–H groups in total. The highest BCUT2D eigenvalue weighted by Gasteiger charge is 2.50. The standard InChI is InChI=1S/C16H17FN4O3/c1-9(2)13-18-12(24-20-13)8-21-14(22)16(3,19-15(21)23)10-6-4-5-7-11(10)17/h4-7,9H,8H2,1-3H3,(H,19,23)/t16-/m0/s1. The number of nitrogens with one attached hydrogen (secondary N) is 1. The molecule has 1 aliphatic rings. The summed E-state index contributed by atoms with van der Waals surface area (Å²) in [7, 11) is 0. The largest absolute Gasteiger partial charge is 0.337 e. The van der Waals surface area contributed by atoms with E-state index in [2.05, 4.69) is 15.5 Å². The van der Waals surface area contributed by atoms with Crippen molar-refractivity contribution in [3.8, 4) is 0 Å². The molecule has 0 spiro atoms. The lowest BCUT2D eigenvalue weighted by Crippen LogP contribution is -2.41. The molecule has 2 aromatic rings. The van der Waals surface area contributed by atoms with Crippen LogP contribution in [0, 0.1) is 5.82 Å². The van der Waals surface area contributed by atoms with Crippen LogP contribution in [0.1, 0.15) is 44.0 Å². The maximum Gasteiger partial charge on any atom is 0.325 e. The Hall–Kier alpha value is -2.77. The van der Waals surface area contributed by atoms with Crippen molar-refractivity contribution in [2.24, 2.45) is 0 Å². The number of carbonyl (C=O) groups is 2. The van der Waals surface area contributed by atoms with Crippen LogP contribution < -0.4 is 5.32 Å². The first-order valence-electron chi connectivity index (χ1n) is 7.54. The van der Waals surface area contributed by atoms with E-state index in [4.69, 9.17) is 4.52 Å². The van der Waals surface area contributed by atoms with Gasteiger partial charge in [0.2, 0.25) is 5.89 Å². The van der Waals surface area contributed by atoms with E-state index in [1.807, 2.05) is 13.8 Å². The lowest BCUT2D eigenvalue weighted by Gasteiger charge is -2.22. The molecule has 1 aliphatic heterocycles. The maximum absolute atomic E-state index is 14.1. The first-order valence-corrected chi connectivity index (χ1v) is 7.54. The Bertz CT molecular complexity index is 804. The highest BCUT2D eigenvalue weighted by molar-refractivity contribution is 6.07. The number of carbonyl (C=O) groups excluding carboxylic acids is 2. The fourth-order valence-corrected chi connectivity index (χ4v) is 2.59. The van der Waals surface area contributed by atoms with Crippen LogP contribution in [0.4, 0.5) is 9.18 Å². The normalized spacial score (nSPS) is 20.8. The zero-order chi connectivity index (χ0) is 17.5. The Balaban J connectivity index is 1.87. The van der Waals surface area contributed by atoms with Crippen molar-refractivity contribution in [3.05, 3.63) is 47.4 Å². The fraction of sp³-hybridized carbons (Fsp3) is 0.375. The van der Waals surface area contributed by atoms with E-state index >= 15 is 0 Å². The number of amides is 3. The molecule has 3 rings (SSSR count). The molecule has 3 amide bonds. The third kappa shape index (κ3) is 2.53. The molecule has 1 saturated heterocycles. The predicted octanol–water partition coefficient (Wildman–Crippen LogP) is 2.30. The van der Waals surface area contributed by atoms with Crippen molar-refractivity contribution >= 4 is 11.9 Å². The number of nitrogens with zero attached hydrogens (tertiary/aromatic N) is 3. The minimum atomic E-state index is -1.47. The zero-order valence-corrected chi connectivity index (χ0v) is 13.5. The van der Waals surface area contributed by atoms with Gasteiger partial charge in [0.1, 0.15) is 17.9 Å². The van der Waals surface area contributed by atoms with Gasteiger partial charge >= 0.3 is 6.03 Å². The molecular weight excluding hydrogens is 315 g/mol. The summed E-state index contributed by atoms with van der Waals surface area (Å²) in [5, 5.41) is 6.35. The summed E-state index contributed by atoms with van der Waals surface area (Å²) in [6.07, 6.45) is 0. The van der Waals surface area contributed by atoms with Gasteiger partial charge in [-0.3, -0.25) is 9.69 Å². The molecule has 126 valence electrons. The van der Waals surface area contributed by atoms with Crippen molar-refractivity contribution in [2.75, 3.05) is 0 Å². The Morgan fingerprint density at radius 3 is 2.67 bits per heavy atom. The van der Waals surface area contributed by atoms with Crippen molar-refractivity contribution < 1.29 is 18.5 Å². The Kier molecular flexibility index (Phi) is 3.82. The van der Waals surface area contributed by atoms with Crippen LogP contribution >= 0.6 is 0 Å². The molecular formula is C16H17FN4O3. The van der Waals surface area contributed by atoms with Crippen LogP contribution in [0.25, 0.3) is 0 Å². The molecule has 0 bridgehead atoms. The molecule has 1 atom stereocenters. The van der Waals surface area contributed by atoms with Crippen LogP contribution in [-0.2, 0) is 16.9 Å². The number of benzene rings is 1. The number of imide groups is 1. The highest BCUT2D eigenvalue weighted by Crippen LogP contribution is 2.31. The number of urea groups is 1. The van der Waals surface area contributed by atoms with Crippen LogP contribution in [-0.4, -0.2) is 27.0 Å². The molecule has 7 nitrogen and oxygen atoms in total. The molecule has 1 aromatic heterocycles. The van der Waals surface area contributed by atoms with E-state index in [1.165, 1.54) is 25.1 Å².